The van der Waals surface area contributed by atoms with Crippen molar-refractivity contribution in [2.75, 3.05) is 0 Å². The van der Waals surface area contributed by atoms with E-state index in [2.05, 4.69) is 32.8 Å². The number of hydrogen-bond acceptors (Lipinski definition) is 1. The Morgan fingerprint density at radius 2 is 2.00 bits per heavy atom. The highest BCUT2D eigenvalue weighted by molar-refractivity contribution is 9.10. The zero-order valence-electron chi connectivity index (χ0n) is 8.93. The maximum absolute atomic E-state index is 12.8. The minimum atomic E-state index is -0.233. The highest BCUT2D eigenvalue weighted by Gasteiger charge is 2.08. The average molecular weight is 283 g/mol. The van der Waals surface area contributed by atoms with Gasteiger partial charge in [0.1, 0.15) is 16.2 Å². The molecule has 0 aliphatic heterocycles. The van der Waals surface area contributed by atoms with Crippen molar-refractivity contribution in [1.29, 1.82) is 0 Å². The van der Waals surface area contributed by atoms with Crippen LogP contribution >= 0.6 is 15.9 Å². The SMILES string of the molecule is CCCc1[nH]c(-c2ccc(F)cc2)nc1Br. The molecule has 4 heteroatoms. The molecular weight excluding hydrogens is 271 g/mol. The van der Waals surface area contributed by atoms with Crippen LogP contribution in [0, 0.1) is 5.82 Å². The highest BCUT2D eigenvalue weighted by atomic mass is 79.9. The Balaban J connectivity index is 2.33. The van der Waals surface area contributed by atoms with E-state index in [4.69, 9.17) is 0 Å². The van der Waals surface area contributed by atoms with Crippen LogP contribution in [-0.2, 0) is 6.42 Å². The molecule has 84 valence electrons. The highest BCUT2D eigenvalue weighted by Crippen LogP contribution is 2.22. The van der Waals surface area contributed by atoms with E-state index in [0.29, 0.717) is 0 Å². The molecule has 2 nitrogen and oxygen atoms in total. The minimum absolute atomic E-state index is 0.233. The van der Waals surface area contributed by atoms with Gasteiger partial charge in [-0.2, -0.15) is 0 Å². The van der Waals surface area contributed by atoms with Crippen molar-refractivity contribution in [3.63, 3.8) is 0 Å². The second-order valence-corrected chi connectivity index (χ2v) is 4.36. The summed E-state index contributed by atoms with van der Waals surface area (Å²) in [7, 11) is 0. The minimum Gasteiger partial charge on any atom is -0.341 e. The monoisotopic (exact) mass is 282 g/mol. The van der Waals surface area contributed by atoms with Gasteiger partial charge in [-0.3, -0.25) is 0 Å². The van der Waals surface area contributed by atoms with Crippen molar-refractivity contribution in [1.82, 2.24) is 9.97 Å². The van der Waals surface area contributed by atoms with Crippen LogP contribution in [0.3, 0.4) is 0 Å². The first kappa shape index (κ1) is 11.3. The second kappa shape index (κ2) is 4.78. The summed E-state index contributed by atoms with van der Waals surface area (Å²) in [6.07, 6.45) is 2.01. The van der Waals surface area contributed by atoms with Gasteiger partial charge in [-0.05, 0) is 46.6 Å². The van der Waals surface area contributed by atoms with E-state index < -0.39 is 0 Å². The molecule has 0 bridgehead atoms. The lowest BCUT2D eigenvalue weighted by Gasteiger charge is -1.96. The summed E-state index contributed by atoms with van der Waals surface area (Å²) < 4.78 is 13.6. The molecule has 0 unspecified atom stereocenters. The lowest BCUT2D eigenvalue weighted by molar-refractivity contribution is 0.628. The van der Waals surface area contributed by atoms with E-state index in [9.17, 15) is 4.39 Å². The molecule has 2 rings (SSSR count). The van der Waals surface area contributed by atoms with Gasteiger partial charge in [0.25, 0.3) is 0 Å². The summed E-state index contributed by atoms with van der Waals surface area (Å²) in [4.78, 5) is 7.61. The molecule has 0 aliphatic carbocycles. The Morgan fingerprint density at radius 1 is 1.31 bits per heavy atom. The number of H-pyrrole nitrogens is 1. The predicted octanol–water partition coefficient (Wildman–Crippen LogP) is 3.93. The third-order valence-corrected chi connectivity index (χ3v) is 3.00. The fourth-order valence-electron chi connectivity index (χ4n) is 1.55. The Labute approximate surface area is 102 Å². The summed E-state index contributed by atoms with van der Waals surface area (Å²) in [5, 5.41) is 0. The topological polar surface area (TPSA) is 28.7 Å². The van der Waals surface area contributed by atoms with Gasteiger partial charge < -0.3 is 4.98 Å². The Hall–Kier alpha value is -1.16. The summed E-state index contributed by atoms with van der Waals surface area (Å²) in [5.74, 6) is 0.540. The number of aryl methyl sites for hydroxylation is 1. The molecule has 0 saturated heterocycles. The molecular formula is C12H12BrFN2. The smallest absolute Gasteiger partial charge is 0.138 e. The Bertz CT molecular complexity index is 476. The normalized spacial score (nSPS) is 10.7. The fraction of sp³-hybridized carbons (Fsp3) is 0.250. The quantitative estimate of drug-likeness (QED) is 0.908. The van der Waals surface area contributed by atoms with Crippen molar-refractivity contribution in [2.24, 2.45) is 0 Å². The van der Waals surface area contributed by atoms with Gasteiger partial charge in [-0.1, -0.05) is 13.3 Å². The molecule has 0 fully saturated rings. The molecule has 2 aromatic rings. The molecule has 0 atom stereocenters. The fourth-order valence-corrected chi connectivity index (χ4v) is 2.02. The van der Waals surface area contributed by atoms with Crippen LogP contribution in [0.2, 0.25) is 0 Å². The number of nitrogens with one attached hydrogen (secondary N) is 1. The molecule has 0 spiro atoms. The molecule has 1 heterocycles. The second-order valence-electron chi connectivity index (χ2n) is 3.61. The molecule has 0 radical (unpaired) electrons. The van der Waals surface area contributed by atoms with Gasteiger partial charge in [0.05, 0.1) is 0 Å². The van der Waals surface area contributed by atoms with Gasteiger partial charge in [0.2, 0.25) is 0 Å². The zero-order valence-corrected chi connectivity index (χ0v) is 10.5. The summed E-state index contributed by atoms with van der Waals surface area (Å²) in [5.41, 5.74) is 1.98. The van der Waals surface area contributed by atoms with E-state index >= 15 is 0 Å². The summed E-state index contributed by atoms with van der Waals surface area (Å²) in [6, 6.07) is 6.31. The number of halogens is 2. The van der Waals surface area contributed by atoms with Gasteiger partial charge in [0.15, 0.2) is 0 Å². The average Bonchev–Trinajstić information content (AvgIpc) is 2.62. The first-order valence-corrected chi connectivity index (χ1v) is 6.00. The zero-order chi connectivity index (χ0) is 11.5. The standard InChI is InChI=1S/C12H12BrFN2/c1-2-3-10-11(13)16-12(15-10)8-4-6-9(14)7-5-8/h4-7H,2-3H2,1H3,(H,15,16). The van der Waals surface area contributed by atoms with E-state index in [-0.39, 0.29) is 5.82 Å². The molecule has 0 saturated carbocycles. The maximum Gasteiger partial charge on any atom is 0.138 e. The summed E-state index contributed by atoms with van der Waals surface area (Å²) >= 11 is 3.41. The van der Waals surface area contributed by atoms with Crippen molar-refractivity contribution < 1.29 is 4.39 Å². The largest absolute Gasteiger partial charge is 0.341 e. The number of hydrogen-bond donors (Lipinski definition) is 1. The predicted molar refractivity (Wildman–Crippen MR) is 65.7 cm³/mol. The van der Waals surface area contributed by atoms with Crippen molar-refractivity contribution in [2.45, 2.75) is 19.8 Å². The molecule has 0 aliphatic rings. The van der Waals surface area contributed by atoms with Crippen LogP contribution in [0.5, 0.6) is 0 Å². The third kappa shape index (κ3) is 2.32. The van der Waals surface area contributed by atoms with Gasteiger partial charge in [-0.15, -0.1) is 0 Å². The van der Waals surface area contributed by atoms with Crippen molar-refractivity contribution in [3.8, 4) is 11.4 Å². The van der Waals surface area contributed by atoms with Crippen LogP contribution in [0.15, 0.2) is 28.9 Å². The van der Waals surface area contributed by atoms with Crippen molar-refractivity contribution in [3.05, 3.63) is 40.4 Å². The van der Waals surface area contributed by atoms with E-state index in [1.54, 1.807) is 12.1 Å². The van der Waals surface area contributed by atoms with Gasteiger partial charge in [-0.25, -0.2) is 9.37 Å². The number of benzene rings is 1. The van der Waals surface area contributed by atoms with Gasteiger partial charge in [0, 0.05) is 11.3 Å². The number of rotatable bonds is 3. The van der Waals surface area contributed by atoms with Crippen LogP contribution < -0.4 is 0 Å². The Morgan fingerprint density at radius 3 is 2.62 bits per heavy atom. The van der Waals surface area contributed by atoms with Gasteiger partial charge >= 0.3 is 0 Å². The number of aromatic nitrogens is 2. The lowest BCUT2D eigenvalue weighted by Crippen LogP contribution is -1.84. The molecule has 1 aromatic carbocycles. The van der Waals surface area contributed by atoms with Crippen molar-refractivity contribution >= 4 is 15.9 Å². The number of nitrogens with zero attached hydrogens (tertiary/aromatic N) is 1. The number of imidazole rings is 1. The first-order chi connectivity index (χ1) is 7.70. The van der Waals surface area contributed by atoms with Crippen LogP contribution in [0.1, 0.15) is 19.0 Å². The molecule has 1 N–H and O–H groups in total. The lowest BCUT2D eigenvalue weighted by atomic mass is 10.2. The molecule has 0 amide bonds. The van der Waals surface area contributed by atoms with E-state index in [1.807, 2.05) is 0 Å². The third-order valence-electron chi connectivity index (χ3n) is 2.35. The Kier molecular flexibility index (Phi) is 3.39. The van der Waals surface area contributed by atoms with E-state index in [1.165, 1.54) is 12.1 Å². The number of aromatic amines is 1. The molecule has 16 heavy (non-hydrogen) atoms. The first-order valence-electron chi connectivity index (χ1n) is 5.21. The van der Waals surface area contributed by atoms with Crippen LogP contribution in [0.4, 0.5) is 4.39 Å². The van der Waals surface area contributed by atoms with Crippen LogP contribution in [0.25, 0.3) is 11.4 Å². The maximum atomic E-state index is 12.8. The summed E-state index contributed by atoms with van der Waals surface area (Å²) in [6.45, 7) is 2.12. The van der Waals surface area contributed by atoms with E-state index in [0.717, 1.165) is 34.5 Å². The molecule has 1 aromatic heterocycles. The van der Waals surface area contributed by atoms with Crippen LogP contribution in [-0.4, -0.2) is 9.97 Å².